The van der Waals surface area contributed by atoms with Crippen molar-refractivity contribution >= 4 is 34.3 Å². The third-order valence-electron chi connectivity index (χ3n) is 3.14. The van der Waals surface area contributed by atoms with E-state index >= 15 is 0 Å². The molecule has 94 valence electrons. The summed E-state index contributed by atoms with van der Waals surface area (Å²) in [4.78, 5) is 27.4. The number of H-pyrrole nitrogens is 1. The summed E-state index contributed by atoms with van der Waals surface area (Å²) in [6.45, 7) is 0.566. The zero-order valence-electron chi connectivity index (χ0n) is 9.48. The smallest absolute Gasteiger partial charge is 0.406 e. The summed E-state index contributed by atoms with van der Waals surface area (Å²) in [5, 5.41) is 0. The Balaban J connectivity index is 2.09. The van der Waals surface area contributed by atoms with Crippen molar-refractivity contribution in [1.82, 2.24) is 4.98 Å². The molecule has 6 heteroatoms. The van der Waals surface area contributed by atoms with Crippen molar-refractivity contribution in [2.45, 2.75) is 6.42 Å². The van der Waals surface area contributed by atoms with Gasteiger partial charge in [-0.3, -0.25) is 9.78 Å². The monoisotopic (exact) mass is 266 g/mol. The molecule has 0 radical (unpaired) electrons. The normalized spacial score (nSPS) is 19.9. The van der Waals surface area contributed by atoms with Gasteiger partial charge in [0, 0.05) is 18.8 Å². The molecule has 5 nitrogen and oxygen atoms in total. The molecule has 1 aliphatic rings. The lowest BCUT2D eigenvalue weighted by atomic mass is 10.1. The van der Waals surface area contributed by atoms with E-state index < -0.39 is 5.76 Å². The van der Waals surface area contributed by atoms with E-state index in [1.807, 2.05) is 0 Å². The Morgan fingerprint density at radius 1 is 1.44 bits per heavy atom. The average Bonchev–Trinajstić information content (AvgIpc) is 2.90. The first kappa shape index (κ1) is 11.3. The number of aromatic nitrogens is 1. The minimum atomic E-state index is -0.516. The number of oxazole rings is 1. The Kier molecular flexibility index (Phi) is 2.63. The highest BCUT2D eigenvalue weighted by Crippen LogP contribution is 2.30. The number of nitrogens with one attached hydrogen (secondary N) is 1. The van der Waals surface area contributed by atoms with Gasteiger partial charge in [-0.2, -0.15) is 0 Å². The van der Waals surface area contributed by atoms with E-state index in [0.29, 0.717) is 35.6 Å². The lowest BCUT2D eigenvalue weighted by Gasteiger charge is -2.16. The minimum Gasteiger partial charge on any atom is -0.406 e. The van der Waals surface area contributed by atoms with E-state index in [9.17, 15) is 9.59 Å². The number of nitrogens with zero attached hydrogens (tertiary/aromatic N) is 1. The summed E-state index contributed by atoms with van der Waals surface area (Å²) in [5.41, 5.74) is 1.65. The molecule has 1 atom stereocenters. The fourth-order valence-corrected chi connectivity index (χ4v) is 2.50. The van der Waals surface area contributed by atoms with Crippen molar-refractivity contribution in [3.05, 3.63) is 28.7 Å². The van der Waals surface area contributed by atoms with Crippen LogP contribution < -0.4 is 10.7 Å². The topological polar surface area (TPSA) is 66.3 Å². The first-order chi connectivity index (χ1) is 8.69. The summed E-state index contributed by atoms with van der Waals surface area (Å²) in [5.74, 6) is 0.102. The van der Waals surface area contributed by atoms with Crippen molar-refractivity contribution in [3.63, 3.8) is 0 Å². The lowest BCUT2D eigenvalue weighted by molar-refractivity contribution is -0.117. The van der Waals surface area contributed by atoms with E-state index in [1.54, 1.807) is 23.1 Å². The van der Waals surface area contributed by atoms with Crippen LogP contribution in [-0.4, -0.2) is 23.3 Å². The maximum atomic E-state index is 11.9. The van der Waals surface area contributed by atoms with Crippen LogP contribution in [0.5, 0.6) is 0 Å². The summed E-state index contributed by atoms with van der Waals surface area (Å²) < 4.78 is 5.09. The summed E-state index contributed by atoms with van der Waals surface area (Å²) >= 11 is 5.79. The van der Waals surface area contributed by atoms with E-state index in [-0.39, 0.29) is 11.8 Å². The van der Waals surface area contributed by atoms with Gasteiger partial charge in [-0.1, -0.05) is 6.07 Å². The Bertz CT molecular complexity index is 661. The summed E-state index contributed by atoms with van der Waals surface area (Å²) in [6, 6.07) is 5.29. The number of aromatic amines is 1. The highest BCUT2D eigenvalue weighted by atomic mass is 35.5. The quantitative estimate of drug-likeness (QED) is 0.842. The van der Waals surface area contributed by atoms with Gasteiger partial charge in [-0.25, -0.2) is 4.79 Å². The molecule has 2 aromatic rings. The second-order valence-corrected chi connectivity index (χ2v) is 4.71. The van der Waals surface area contributed by atoms with E-state index in [2.05, 4.69) is 4.98 Å². The largest absolute Gasteiger partial charge is 0.417 e. The van der Waals surface area contributed by atoms with Gasteiger partial charge >= 0.3 is 5.76 Å². The molecule has 0 spiro atoms. The SMILES string of the molecule is O=C1CC(CCl)CN1c1cccc2[nH]c(=O)oc12. The molecule has 1 aliphatic heterocycles. The van der Waals surface area contributed by atoms with Crippen molar-refractivity contribution in [2.75, 3.05) is 17.3 Å². The van der Waals surface area contributed by atoms with Gasteiger partial charge in [0.2, 0.25) is 5.91 Å². The second kappa shape index (κ2) is 4.17. The Morgan fingerprint density at radius 2 is 2.28 bits per heavy atom. The van der Waals surface area contributed by atoms with E-state index in [0.717, 1.165) is 0 Å². The number of rotatable bonds is 2. The molecule has 1 aromatic heterocycles. The van der Waals surface area contributed by atoms with Crippen molar-refractivity contribution in [1.29, 1.82) is 0 Å². The number of alkyl halides is 1. The number of para-hydroxylation sites is 1. The van der Waals surface area contributed by atoms with E-state index in [4.69, 9.17) is 16.0 Å². The van der Waals surface area contributed by atoms with Gasteiger partial charge in [-0.15, -0.1) is 11.6 Å². The van der Waals surface area contributed by atoms with Gasteiger partial charge < -0.3 is 9.32 Å². The van der Waals surface area contributed by atoms with Crippen molar-refractivity contribution < 1.29 is 9.21 Å². The van der Waals surface area contributed by atoms with Crippen LogP contribution in [0.4, 0.5) is 5.69 Å². The predicted molar refractivity (Wildman–Crippen MR) is 68.0 cm³/mol. The van der Waals surface area contributed by atoms with Crippen LogP contribution >= 0.6 is 11.6 Å². The predicted octanol–water partition coefficient (Wildman–Crippen LogP) is 1.71. The Morgan fingerprint density at radius 3 is 3.00 bits per heavy atom. The summed E-state index contributed by atoms with van der Waals surface area (Å²) in [6.07, 6.45) is 0.439. The number of amides is 1. The number of anilines is 1. The van der Waals surface area contributed by atoms with Gasteiger partial charge in [0.1, 0.15) is 0 Å². The maximum Gasteiger partial charge on any atom is 0.417 e. The maximum absolute atomic E-state index is 11.9. The number of carbonyl (C=O) groups excluding carboxylic acids is 1. The average molecular weight is 267 g/mol. The van der Waals surface area contributed by atoms with Gasteiger partial charge in [0.25, 0.3) is 0 Å². The van der Waals surface area contributed by atoms with Crippen LogP contribution in [0.2, 0.25) is 0 Å². The number of carbonyl (C=O) groups is 1. The molecule has 18 heavy (non-hydrogen) atoms. The van der Waals surface area contributed by atoms with Crippen LogP contribution in [-0.2, 0) is 4.79 Å². The molecule has 1 N–H and O–H groups in total. The molecule has 1 fully saturated rings. The number of fused-ring (bicyclic) bond motifs is 1. The van der Waals surface area contributed by atoms with E-state index in [1.165, 1.54) is 0 Å². The Hall–Kier alpha value is -1.75. The summed E-state index contributed by atoms with van der Waals surface area (Å²) in [7, 11) is 0. The van der Waals surface area contributed by atoms with Crippen LogP contribution in [0.1, 0.15) is 6.42 Å². The highest BCUT2D eigenvalue weighted by molar-refractivity contribution is 6.18. The highest BCUT2D eigenvalue weighted by Gasteiger charge is 2.31. The molecule has 1 saturated heterocycles. The van der Waals surface area contributed by atoms with Crippen molar-refractivity contribution in [3.8, 4) is 0 Å². The molecule has 1 amide bonds. The van der Waals surface area contributed by atoms with Gasteiger partial charge in [-0.05, 0) is 18.1 Å². The van der Waals surface area contributed by atoms with Crippen LogP contribution in [0.15, 0.2) is 27.4 Å². The van der Waals surface area contributed by atoms with Crippen LogP contribution in [0.3, 0.4) is 0 Å². The molecule has 2 heterocycles. The first-order valence-corrected chi connectivity index (χ1v) is 6.20. The fraction of sp³-hybridized carbons (Fsp3) is 0.333. The molecule has 1 unspecified atom stereocenters. The first-order valence-electron chi connectivity index (χ1n) is 5.67. The molecular weight excluding hydrogens is 256 g/mol. The second-order valence-electron chi connectivity index (χ2n) is 4.40. The fourth-order valence-electron chi connectivity index (χ4n) is 2.29. The standard InChI is InChI=1S/C12H11ClN2O3/c13-5-7-4-10(16)15(6-7)9-3-1-2-8-11(9)18-12(17)14-8/h1-3,7H,4-6H2,(H,14,17). The van der Waals surface area contributed by atoms with Crippen LogP contribution in [0, 0.1) is 5.92 Å². The zero-order chi connectivity index (χ0) is 12.7. The van der Waals surface area contributed by atoms with Crippen LogP contribution in [0.25, 0.3) is 11.1 Å². The molecule has 1 aromatic carbocycles. The number of halogens is 1. The third kappa shape index (κ3) is 1.71. The van der Waals surface area contributed by atoms with Gasteiger partial charge in [0.15, 0.2) is 5.58 Å². The van der Waals surface area contributed by atoms with Crippen molar-refractivity contribution in [2.24, 2.45) is 5.92 Å². The molecule has 3 rings (SSSR count). The zero-order valence-corrected chi connectivity index (χ0v) is 10.2. The van der Waals surface area contributed by atoms with Gasteiger partial charge in [0.05, 0.1) is 11.2 Å². The molecule has 0 aliphatic carbocycles. The number of hydrogen-bond acceptors (Lipinski definition) is 3. The minimum absolute atomic E-state index is 0.0111. The molecule has 0 bridgehead atoms. The lowest BCUT2D eigenvalue weighted by Crippen LogP contribution is -2.24. The number of benzene rings is 1. The Labute approximate surface area is 107 Å². The number of hydrogen-bond donors (Lipinski definition) is 1. The third-order valence-corrected chi connectivity index (χ3v) is 3.58. The molecular formula is C12H11ClN2O3. The molecule has 0 saturated carbocycles.